The lowest BCUT2D eigenvalue weighted by Crippen LogP contribution is -2.45. The number of sulfonamides is 1. The minimum Gasteiger partial charge on any atom is -0.399 e. The summed E-state index contributed by atoms with van der Waals surface area (Å²) in [5.41, 5.74) is 7.15. The summed E-state index contributed by atoms with van der Waals surface area (Å²) in [6.07, 6.45) is 0.668. The third-order valence-electron chi connectivity index (χ3n) is 4.02. The lowest BCUT2D eigenvalue weighted by Gasteiger charge is -2.26. The highest BCUT2D eigenvalue weighted by Gasteiger charge is 2.36. The summed E-state index contributed by atoms with van der Waals surface area (Å²) in [6, 6.07) is 3.24. The molecule has 0 amide bonds. The number of ether oxygens (including phenoxy) is 2. The highest BCUT2D eigenvalue weighted by molar-refractivity contribution is 7.89. The number of anilines is 1. The average molecular weight is 314 g/mol. The monoisotopic (exact) mass is 314 g/mol. The van der Waals surface area contributed by atoms with Crippen LogP contribution in [0.5, 0.6) is 0 Å². The smallest absolute Gasteiger partial charge is 0.241 e. The Bertz CT molecular complexity index is 622. The standard InChI is InChI=1S/C14H22N2O4S/c1-10-6-12(15)7-13(11(10)2)21(17,18)16-8-14(19-3)4-5-20-9-14/h6-7,16H,4-5,8-9,15H2,1-3H3. The Morgan fingerprint density at radius 2 is 2.14 bits per heavy atom. The van der Waals surface area contributed by atoms with E-state index >= 15 is 0 Å². The summed E-state index contributed by atoms with van der Waals surface area (Å²) >= 11 is 0. The van der Waals surface area contributed by atoms with Crippen LogP contribution < -0.4 is 10.5 Å². The summed E-state index contributed by atoms with van der Waals surface area (Å²) in [5, 5.41) is 0. The van der Waals surface area contributed by atoms with Gasteiger partial charge in [-0.3, -0.25) is 0 Å². The predicted molar refractivity (Wildman–Crippen MR) is 80.7 cm³/mol. The third-order valence-corrected chi connectivity index (χ3v) is 5.54. The van der Waals surface area contributed by atoms with E-state index in [0.717, 1.165) is 5.56 Å². The number of benzene rings is 1. The molecule has 1 heterocycles. The topological polar surface area (TPSA) is 90.7 Å². The minimum atomic E-state index is -3.64. The first kappa shape index (κ1) is 16.2. The van der Waals surface area contributed by atoms with E-state index in [1.165, 1.54) is 6.07 Å². The summed E-state index contributed by atoms with van der Waals surface area (Å²) < 4.78 is 38.4. The number of methoxy groups -OCH3 is 1. The molecule has 0 radical (unpaired) electrons. The van der Waals surface area contributed by atoms with E-state index < -0.39 is 15.6 Å². The van der Waals surface area contributed by atoms with Crippen LogP contribution in [0.3, 0.4) is 0 Å². The molecule has 1 aromatic carbocycles. The van der Waals surface area contributed by atoms with Gasteiger partial charge in [0.15, 0.2) is 0 Å². The van der Waals surface area contributed by atoms with Crippen LogP contribution in [0.4, 0.5) is 5.69 Å². The van der Waals surface area contributed by atoms with Gasteiger partial charge in [0.05, 0.1) is 11.5 Å². The highest BCUT2D eigenvalue weighted by atomic mass is 32.2. The fraction of sp³-hybridized carbons (Fsp3) is 0.571. The van der Waals surface area contributed by atoms with Crippen LogP contribution in [0, 0.1) is 13.8 Å². The fourth-order valence-corrected chi connectivity index (χ4v) is 3.86. The van der Waals surface area contributed by atoms with Gasteiger partial charge >= 0.3 is 0 Å². The molecule has 21 heavy (non-hydrogen) atoms. The number of nitrogens with one attached hydrogen (secondary N) is 1. The Balaban J connectivity index is 2.23. The lowest BCUT2D eigenvalue weighted by atomic mass is 10.0. The maximum Gasteiger partial charge on any atom is 0.241 e. The van der Waals surface area contributed by atoms with Crippen molar-refractivity contribution in [3.8, 4) is 0 Å². The normalized spacial score (nSPS) is 22.6. The third kappa shape index (κ3) is 3.37. The van der Waals surface area contributed by atoms with Crippen molar-refractivity contribution in [2.45, 2.75) is 30.8 Å². The molecule has 3 N–H and O–H groups in total. The molecular formula is C14H22N2O4S. The van der Waals surface area contributed by atoms with Gasteiger partial charge in [0.25, 0.3) is 0 Å². The molecule has 0 bridgehead atoms. The summed E-state index contributed by atoms with van der Waals surface area (Å²) in [5.74, 6) is 0. The van der Waals surface area contributed by atoms with Crippen LogP contribution in [0.2, 0.25) is 0 Å². The van der Waals surface area contributed by atoms with E-state index in [-0.39, 0.29) is 11.4 Å². The second-order valence-corrected chi connectivity index (χ2v) is 7.21. The van der Waals surface area contributed by atoms with Gasteiger partial charge in [0.1, 0.15) is 5.60 Å². The Hall–Kier alpha value is -1.15. The van der Waals surface area contributed by atoms with Crippen molar-refractivity contribution < 1.29 is 17.9 Å². The SMILES string of the molecule is COC1(CNS(=O)(=O)c2cc(N)cc(C)c2C)CCOC1. The van der Waals surface area contributed by atoms with Gasteiger partial charge in [-0.25, -0.2) is 13.1 Å². The van der Waals surface area contributed by atoms with Crippen molar-refractivity contribution in [3.63, 3.8) is 0 Å². The Morgan fingerprint density at radius 3 is 2.71 bits per heavy atom. The van der Waals surface area contributed by atoms with Crippen LogP contribution in [-0.4, -0.2) is 40.9 Å². The fourth-order valence-electron chi connectivity index (χ4n) is 2.40. The molecule has 1 aliphatic rings. The molecule has 6 nitrogen and oxygen atoms in total. The van der Waals surface area contributed by atoms with Gasteiger partial charge in [-0.2, -0.15) is 0 Å². The van der Waals surface area contributed by atoms with Crippen LogP contribution in [0.25, 0.3) is 0 Å². The molecule has 1 fully saturated rings. The van der Waals surface area contributed by atoms with Crippen LogP contribution >= 0.6 is 0 Å². The molecule has 1 aliphatic heterocycles. The summed E-state index contributed by atoms with van der Waals surface area (Å²) in [4.78, 5) is 0.213. The first-order valence-electron chi connectivity index (χ1n) is 6.79. The molecule has 7 heteroatoms. The second kappa shape index (κ2) is 5.92. The van der Waals surface area contributed by atoms with E-state index in [1.54, 1.807) is 20.1 Å². The molecule has 1 unspecified atom stereocenters. The van der Waals surface area contributed by atoms with E-state index in [4.69, 9.17) is 15.2 Å². The predicted octanol–water partition coefficient (Wildman–Crippen LogP) is 0.969. The number of rotatable bonds is 5. The van der Waals surface area contributed by atoms with Gasteiger partial charge in [0, 0.05) is 32.4 Å². The Labute approximate surface area is 125 Å². The molecule has 1 atom stereocenters. The van der Waals surface area contributed by atoms with Crippen molar-refractivity contribution in [1.29, 1.82) is 0 Å². The van der Waals surface area contributed by atoms with Gasteiger partial charge < -0.3 is 15.2 Å². The second-order valence-electron chi connectivity index (χ2n) is 5.48. The van der Waals surface area contributed by atoms with E-state index in [9.17, 15) is 8.42 Å². The molecule has 118 valence electrons. The molecule has 1 saturated heterocycles. The molecule has 2 rings (SSSR count). The van der Waals surface area contributed by atoms with Gasteiger partial charge in [-0.15, -0.1) is 0 Å². The van der Waals surface area contributed by atoms with Crippen molar-refractivity contribution in [2.24, 2.45) is 0 Å². The number of nitrogens with two attached hydrogens (primary N) is 1. The quantitative estimate of drug-likeness (QED) is 0.790. The first-order chi connectivity index (χ1) is 9.80. The van der Waals surface area contributed by atoms with Crippen molar-refractivity contribution in [2.75, 3.05) is 32.6 Å². The maximum atomic E-state index is 12.5. The van der Waals surface area contributed by atoms with Crippen LogP contribution in [-0.2, 0) is 19.5 Å². The molecule has 0 saturated carbocycles. The van der Waals surface area contributed by atoms with E-state index in [1.807, 2.05) is 6.92 Å². The molecule has 0 aliphatic carbocycles. The Kier molecular flexibility index (Phi) is 4.57. The lowest BCUT2D eigenvalue weighted by molar-refractivity contribution is -0.0120. The zero-order valence-electron chi connectivity index (χ0n) is 12.6. The number of hydrogen-bond acceptors (Lipinski definition) is 5. The van der Waals surface area contributed by atoms with Crippen molar-refractivity contribution >= 4 is 15.7 Å². The van der Waals surface area contributed by atoms with E-state index in [0.29, 0.717) is 30.9 Å². The Morgan fingerprint density at radius 1 is 1.43 bits per heavy atom. The molecule has 0 aromatic heterocycles. The number of nitrogen functional groups attached to an aromatic ring is 1. The molecule has 1 aromatic rings. The van der Waals surface area contributed by atoms with E-state index in [2.05, 4.69) is 4.72 Å². The van der Waals surface area contributed by atoms with Gasteiger partial charge in [-0.1, -0.05) is 0 Å². The zero-order chi connectivity index (χ0) is 15.7. The van der Waals surface area contributed by atoms with Crippen molar-refractivity contribution in [3.05, 3.63) is 23.3 Å². The van der Waals surface area contributed by atoms with Gasteiger partial charge in [0.2, 0.25) is 10.0 Å². The molecular weight excluding hydrogens is 292 g/mol. The number of hydrogen-bond donors (Lipinski definition) is 2. The molecule has 0 spiro atoms. The van der Waals surface area contributed by atoms with Crippen LogP contribution in [0.1, 0.15) is 17.5 Å². The van der Waals surface area contributed by atoms with Gasteiger partial charge in [-0.05, 0) is 37.1 Å². The maximum absolute atomic E-state index is 12.5. The zero-order valence-corrected chi connectivity index (χ0v) is 13.4. The number of aryl methyl sites for hydroxylation is 1. The highest BCUT2D eigenvalue weighted by Crippen LogP contribution is 2.25. The average Bonchev–Trinajstić information content (AvgIpc) is 2.90. The summed E-state index contributed by atoms with van der Waals surface area (Å²) in [6.45, 7) is 4.76. The largest absolute Gasteiger partial charge is 0.399 e. The minimum absolute atomic E-state index is 0.180. The van der Waals surface area contributed by atoms with Crippen molar-refractivity contribution in [1.82, 2.24) is 4.72 Å². The first-order valence-corrected chi connectivity index (χ1v) is 8.27. The van der Waals surface area contributed by atoms with Crippen LogP contribution in [0.15, 0.2) is 17.0 Å². The summed E-state index contributed by atoms with van der Waals surface area (Å²) in [7, 11) is -2.07.